The van der Waals surface area contributed by atoms with E-state index in [0.717, 1.165) is 13.0 Å². The molecular weight excluding hydrogens is 563 g/mol. The number of carboxylic acid groups (broad SMARTS) is 1. The van der Waals surface area contributed by atoms with Crippen molar-refractivity contribution in [3.63, 3.8) is 0 Å². The summed E-state index contributed by atoms with van der Waals surface area (Å²) in [7, 11) is 0. The fourth-order valence-corrected chi connectivity index (χ4v) is 2.10. The molecule has 0 fully saturated rings. The molecule has 20 heteroatoms. The topological polar surface area (TPSA) is 46.5 Å². The highest BCUT2D eigenvalue weighted by Crippen LogP contribution is 2.64. The lowest BCUT2D eigenvalue weighted by atomic mass is 9.88. The Morgan fingerprint density at radius 3 is 1.36 bits per heavy atom. The molecule has 0 unspecified atom stereocenters. The Balaban J connectivity index is 5.96. The molecule has 0 aromatic heterocycles. The third-order valence-electron chi connectivity index (χ3n) is 4.40. The van der Waals surface area contributed by atoms with Gasteiger partial charge in [0.25, 0.3) is 0 Å². The Bertz CT molecular complexity index is 813. The van der Waals surface area contributed by atoms with Gasteiger partial charge in [-0.3, -0.25) is 0 Å². The highest BCUT2D eigenvalue weighted by molar-refractivity contribution is 5.85. The van der Waals surface area contributed by atoms with Crippen LogP contribution in [0.3, 0.4) is 0 Å². The molecule has 0 aliphatic carbocycles. The summed E-state index contributed by atoms with van der Waals surface area (Å²) < 4.78 is 227. The van der Waals surface area contributed by atoms with Crippen molar-refractivity contribution >= 4 is 5.97 Å². The van der Waals surface area contributed by atoms with Crippen molar-refractivity contribution in [1.29, 1.82) is 0 Å². The molecule has 0 spiro atoms. The summed E-state index contributed by atoms with van der Waals surface area (Å²) in [5, 5.41) is 8.49. The predicted molar refractivity (Wildman–Crippen MR) is 82.1 cm³/mol. The molecule has 0 saturated carbocycles. The summed E-state index contributed by atoms with van der Waals surface area (Å²) in [5.74, 6) is -58.0. The van der Waals surface area contributed by atoms with Crippen LogP contribution in [0.4, 0.5) is 74.6 Å². The van der Waals surface area contributed by atoms with Gasteiger partial charge in [0.15, 0.2) is 0 Å². The first kappa shape index (κ1) is 34.0. The van der Waals surface area contributed by atoms with E-state index in [1.165, 1.54) is 0 Å². The highest BCUT2D eigenvalue weighted by atomic mass is 19.4. The van der Waals surface area contributed by atoms with Crippen molar-refractivity contribution in [3.8, 4) is 0 Å². The molecule has 1 N–H and O–H groups in total. The largest absolute Gasteiger partial charge is 0.478 e. The zero-order valence-electron chi connectivity index (χ0n) is 17.1. The maximum atomic E-state index is 13.6. The quantitative estimate of drug-likeness (QED) is 0.149. The van der Waals surface area contributed by atoms with Crippen LogP contribution < -0.4 is 0 Å². The zero-order valence-corrected chi connectivity index (χ0v) is 17.1. The van der Waals surface area contributed by atoms with Gasteiger partial charge < -0.3 is 9.84 Å². The first-order valence-corrected chi connectivity index (χ1v) is 8.77. The Hall–Kier alpha value is -2.02. The van der Waals surface area contributed by atoms with E-state index in [1.807, 2.05) is 0 Å². The van der Waals surface area contributed by atoms with Gasteiger partial charge in [-0.05, 0) is 13.3 Å². The Morgan fingerprint density at radius 1 is 0.639 bits per heavy atom. The molecule has 0 aromatic carbocycles. The van der Waals surface area contributed by atoms with Crippen LogP contribution in [0.5, 0.6) is 0 Å². The van der Waals surface area contributed by atoms with Crippen LogP contribution in [0.15, 0.2) is 11.6 Å². The first-order valence-electron chi connectivity index (χ1n) is 8.77. The van der Waals surface area contributed by atoms with Crippen molar-refractivity contribution in [1.82, 2.24) is 0 Å². The number of hydrogen-bond donors (Lipinski definition) is 1. The van der Waals surface area contributed by atoms with Gasteiger partial charge in [-0.15, -0.1) is 0 Å². The molecule has 0 radical (unpaired) electrons. The number of hydrogen-bond acceptors (Lipinski definition) is 2. The van der Waals surface area contributed by atoms with E-state index in [4.69, 9.17) is 5.11 Å². The van der Waals surface area contributed by atoms with Crippen LogP contribution in [-0.4, -0.2) is 71.9 Å². The summed E-state index contributed by atoms with van der Waals surface area (Å²) in [6.07, 6.45) is -10.0. The van der Waals surface area contributed by atoms with Crippen LogP contribution >= 0.6 is 0 Å². The van der Waals surface area contributed by atoms with E-state index in [0.29, 0.717) is 0 Å². The number of carbonyl (C=O) groups is 1. The highest BCUT2D eigenvalue weighted by Gasteiger charge is 2.95. The fraction of sp³-hybridized carbons (Fsp3) is 0.812. The third-order valence-corrected chi connectivity index (χ3v) is 4.40. The SMILES string of the molecule is CC(=CCCOCCC(F)(F)C(F)(F)C(F)(F)C(F)(F)C(F)(F)C(F)(F)C(F)(F)C(F)(F)F)C(=O)O. The minimum atomic E-state index is -8.66. The second-order valence-electron chi connectivity index (χ2n) is 6.99. The van der Waals surface area contributed by atoms with Gasteiger partial charge in [-0.2, -0.15) is 74.6 Å². The standard InChI is InChI=1S/C16H13F17O3/c1-7(8(34)35)3-2-5-36-6-4-9(17,18)10(19,20)11(21,22)12(23,24)13(25,26)14(27,28)15(29,30)16(31,32)33/h3H,2,4-6H2,1H3,(H,34,35). The fourth-order valence-electron chi connectivity index (χ4n) is 2.10. The van der Waals surface area contributed by atoms with Crippen molar-refractivity contribution in [2.75, 3.05) is 13.2 Å². The van der Waals surface area contributed by atoms with Crippen molar-refractivity contribution in [2.24, 2.45) is 0 Å². The average Bonchev–Trinajstić information content (AvgIpc) is 2.68. The minimum absolute atomic E-state index is 0.328. The lowest BCUT2D eigenvalue weighted by molar-refractivity contribution is -0.462. The van der Waals surface area contributed by atoms with Crippen molar-refractivity contribution in [2.45, 2.75) is 67.4 Å². The lowest BCUT2D eigenvalue weighted by Gasteiger charge is -2.42. The number of aliphatic carboxylic acids is 1. The van der Waals surface area contributed by atoms with E-state index < -0.39 is 79.7 Å². The van der Waals surface area contributed by atoms with Crippen LogP contribution in [0, 0.1) is 0 Å². The maximum Gasteiger partial charge on any atom is 0.460 e. The number of carboxylic acids is 1. The van der Waals surface area contributed by atoms with Gasteiger partial charge in [0, 0.05) is 12.0 Å². The van der Waals surface area contributed by atoms with Crippen molar-refractivity contribution in [3.05, 3.63) is 11.6 Å². The monoisotopic (exact) mass is 576 g/mol. The molecule has 0 aliphatic heterocycles. The number of ether oxygens (including phenoxy) is 1. The van der Waals surface area contributed by atoms with Gasteiger partial charge in [-0.1, -0.05) is 6.08 Å². The molecule has 0 atom stereocenters. The van der Waals surface area contributed by atoms with Gasteiger partial charge >= 0.3 is 53.6 Å². The van der Waals surface area contributed by atoms with Crippen LogP contribution in [0.25, 0.3) is 0 Å². The first-order chi connectivity index (χ1) is 15.6. The molecule has 36 heavy (non-hydrogen) atoms. The number of halogens is 17. The molecule has 214 valence electrons. The average molecular weight is 576 g/mol. The van der Waals surface area contributed by atoms with E-state index in [2.05, 4.69) is 4.74 Å². The second kappa shape index (κ2) is 10.0. The van der Waals surface area contributed by atoms with Gasteiger partial charge in [0.2, 0.25) is 0 Å². The lowest BCUT2D eigenvalue weighted by Crippen LogP contribution is -2.74. The van der Waals surface area contributed by atoms with E-state index >= 15 is 0 Å². The van der Waals surface area contributed by atoms with Crippen LogP contribution in [-0.2, 0) is 9.53 Å². The van der Waals surface area contributed by atoms with Crippen LogP contribution in [0.2, 0.25) is 0 Å². The summed E-state index contributed by atoms with van der Waals surface area (Å²) in [6.45, 7) is -1.47. The van der Waals surface area contributed by atoms with Gasteiger partial charge in [-0.25, -0.2) is 4.79 Å². The maximum absolute atomic E-state index is 13.6. The van der Waals surface area contributed by atoms with Crippen molar-refractivity contribution < 1.29 is 89.3 Å². The molecule has 0 aliphatic rings. The third kappa shape index (κ3) is 5.46. The molecule has 0 amide bonds. The smallest absolute Gasteiger partial charge is 0.460 e. The summed E-state index contributed by atoms with van der Waals surface area (Å²) in [6, 6.07) is 0. The molecular formula is C16H13F17O3. The Morgan fingerprint density at radius 2 is 1.00 bits per heavy atom. The normalized spacial score (nSPS) is 15.9. The summed E-state index contributed by atoms with van der Waals surface area (Å²) in [5.41, 5.74) is -0.328. The molecule has 0 heterocycles. The van der Waals surface area contributed by atoms with E-state index in [-0.39, 0.29) is 5.57 Å². The van der Waals surface area contributed by atoms with Gasteiger partial charge in [0.05, 0.1) is 13.2 Å². The molecule has 0 aromatic rings. The Labute approximate surface area is 188 Å². The number of alkyl halides is 17. The van der Waals surface area contributed by atoms with E-state index in [1.54, 1.807) is 0 Å². The Kier molecular flexibility index (Phi) is 9.47. The zero-order chi connectivity index (χ0) is 29.4. The molecule has 0 bridgehead atoms. The minimum Gasteiger partial charge on any atom is -0.478 e. The second-order valence-corrected chi connectivity index (χ2v) is 6.99. The van der Waals surface area contributed by atoms with E-state index in [9.17, 15) is 79.4 Å². The van der Waals surface area contributed by atoms with Gasteiger partial charge in [0.1, 0.15) is 0 Å². The number of rotatable bonds is 13. The predicted octanol–water partition coefficient (Wildman–Crippen LogP) is 6.82. The molecule has 0 saturated heterocycles. The summed E-state index contributed by atoms with van der Waals surface area (Å²) in [4.78, 5) is 10.5. The van der Waals surface area contributed by atoms with Crippen LogP contribution in [0.1, 0.15) is 19.8 Å². The molecule has 0 rings (SSSR count). The summed E-state index contributed by atoms with van der Waals surface area (Å²) >= 11 is 0. The molecule has 3 nitrogen and oxygen atoms in total.